The van der Waals surface area contributed by atoms with E-state index in [0.29, 0.717) is 0 Å². The first-order valence-electron chi connectivity index (χ1n) is 5.44. The molecule has 0 bridgehead atoms. The average molecular weight is 315 g/mol. The quantitative estimate of drug-likeness (QED) is 0.793. The molecule has 0 amide bonds. The number of hydrogen-bond donors (Lipinski definition) is 2. The van der Waals surface area contributed by atoms with Gasteiger partial charge in [-0.15, -0.1) is 12.4 Å². The number of nitrogens with two attached hydrogens (primary N) is 1. The van der Waals surface area contributed by atoms with E-state index >= 15 is 0 Å². The molecule has 0 aliphatic heterocycles. The van der Waals surface area contributed by atoms with Crippen LogP contribution >= 0.6 is 12.4 Å². The summed E-state index contributed by atoms with van der Waals surface area (Å²) in [5, 5.41) is 0. The SMILES string of the molecule is Cl.NCC(F)(F)CNS(=O)(=O)CCc1ccccc1. The molecule has 0 aromatic heterocycles. The van der Waals surface area contributed by atoms with Crippen LogP contribution in [-0.2, 0) is 16.4 Å². The van der Waals surface area contributed by atoms with E-state index in [1.165, 1.54) is 0 Å². The Hall–Kier alpha value is -0.760. The smallest absolute Gasteiger partial charge is 0.273 e. The summed E-state index contributed by atoms with van der Waals surface area (Å²) in [4.78, 5) is 0. The number of halogens is 3. The maximum absolute atomic E-state index is 12.8. The Morgan fingerprint density at radius 3 is 2.32 bits per heavy atom. The molecule has 4 nitrogen and oxygen atoms in total. The molecule has 0 fully saturated rings. The molecule has 0 unspecified atom stereocenters. The molecule has 0 heterocycles. The maximum Gasteiger partial charge on any atom is 0.273 e. The zero-order chi connectivity index (χ0) is 13.6. The molecule has 0 atom stereocenters. The standard InChI is InChI=1S/C11H16F2N2O2S.ClH/c12-11(13,8-14)9-15-18(16,17)7-6-10-4-2-1-3-5-10;/h1-5,15H,6-9,14H2;1H. The molecule has 1 aromatic carbocycles. The second kappa shape index (κ2) is 7.74. The first-order valence-corrected chi connectivity index (χ1v) is 7.09. The van der Waals surface area contributed by atoms with Gasteiger partial charge in [0.15, 0.2) is 0 Å². The highest BCUT2D eigenvalue weighted by Gasteiger charge is 2.28. The van der Waals surface area contributed by atoms with Gasteiger partial charge in [-0.3, -0.25) is 0 Å². The molecule has 0 saturated heterocycles. The molecule has 0 spiro atoms. The van der Waals surface area contributed by atoms with Crippen molar-refractivity contribution in [1.29, 1.82) is 0 Å². The average Bonchev–Trinajstić information content (AvgIpc) is 2.36. The Bertz CT molecular complexity index is 469. The number of nitrogens with one attached hydrogen (secondary N) is 1. The minimum atomic E-state index is -3.71. The molecule has 0 aliphatic rings. The first kappa shape index (κ1) is 18.2. The Kier molecular flexibility index (Phi) is 7.43. The highest BCUT2D eigenvalue weighted by molar-refractivity contribution is 7.89. The predicted octanol–water partition coefficient (Wildman–Crippen LogP) is 1.16. The van der Waals surface area contributed by atoms with Crippen molar-refractivity contribution in [2.24, 2.45) is 5.73 Å². The van der Waals surface area contributed by atoms with Crippen molar-refractivity contribution in [1.82, 2.24) is 4.72 Å². The van der Waals surface area contributed by atoms with E-state index in [1.54, 1.807) is 24.3 Å². The fourth-order valence-corrected chi connectivity index (χ4v) is 2.34. The lowest BCUT2D eigenvalue weighted by atomic mass is 10.2. The predicted molar refractivity (Wildman–Crippen MR) is 73.2 cm³/mol. The third-order valence-corrected chi connectivity index (χ3v) is 3.68. The molecule has 0 saturated carbocycles. The van der Waals surface area contributed by atoms with Crippen LogP contribution in [0.15, 0.2) is 30.3 Å². The van der Waals surface area contributed by atoms with Crippen LogP contribution in [0.2, 0.25) is 0 Å². The summed E-state index contributed by atoms with van der Waals surface area (Å²) in [5.41, 5.74) is 5.66. The van der Waals surface area contributed by atoms with Crippen molar-refractivity contribution < 1.29 is 17.2 Å². The van der Waals surface area contributed by atoms with E-state index in [0.717, 1.165) is 5.56 Å². The lowest BCUT2D eigenvalue weighted by Crippen LogP contribution is -2.42. The van der Waals surface area contributed by atoms with Crippen LogP contribution in [0.25, 0.3) is 0 Å². The van der Waals surface area contributed by atoms with Crippen LogP contribution < -0.4 is 10.5 Å². The second-order valence-electron chi connectivity index (χ2n) is 3.94. The number of rotatable bonds is 7. The Morgan fingerprint density at radius 1 is 1.21 bits per heavy atom. The van der Waals surface area contributed by atoms with Crippen LogP contribution in [0.3, 0.4) is 0 Å². The van der Waals surface area contributed by atoms with Crippen molar-refractivity contribution in [2.45, 2.75) is 12.3 Å². The molecule has 0 aliphatic carbocycles. The summed E-state index contributed by atoms with van der Waals surface area (Å²) >= 11 is 0. The zero-order valence-corrected chi connectivity index (χ0v) is 11.8. The molecule has 8 heteroatoms. The lowest BCUT2D eigenvalue weighted by Gasteiger charge is -2.14. The van der Waals surface area contributed by atoms with Crippen molar-refractivity contribution in [3.8, 4) is 0 Å². The summed E-state index contributed by atoms with van der Waals surface area (Å²) in [6, 6.07) is 8.96. The van der Waals surface area contributed by atoms with Crippen molar-refractivity contribution in [2.75, 3.05) is 18.8 Å². The summed E-state index contributed by atoms with van der Waals surface area (Å²) < 4.78 is 50.4. The largest absolute Gasteiger partial charge is 0.325 e. The van der Waals surface area contributed by atoms with E-state index in [4.69, 9.17) is 5.73 Å². The minimum absolute atomic E-state index is 0. The fraction of sp³-hybridized carbons (Fsp3) is 0.455. The molecule has 110 valence electrons. The van der Waals surface area contributed by atoms with Gasteiger partial charge in [-0.1, -0.05) is 30.3 Å². The summed E-state index contributed by atoms with van der Waals surface area (Å²) in [6.07, 6.45) is 0.282. The number of hydrogen-bond acceptors (Lipinski definition) is 3. The Balaban J connectivity index is 0.00000324. The third-order valence-electron chi connectivity index (χ3n) is 2.35. The van der Waals surface area contributed by atoms with Crippen molar-refractivity contribution >= 4 is 22.4 Å². The van der Waals surface area contributed by atoms with E-state index in [1.807, 2.05) is 10.8 Å². The number of aryl methyl sites for hydroxylation is 1. The molecular formula is C11H17ClF2N2O2S. The number of sulfonamides is 1. The monoisotopic (exact) mass is 314 g/mol. The summed E-state index contributed by atoms with van der Waals surface area (Å²) in [7, 11) is -3.71. The highest BCUT2D eigenvalue weighted by atomic mass is 35.5. The first-order chi connectivity index (χ1) is 8.35. The van der Waals surface area contributed by atoms with Crippen molar-refractivity contribution in [3.63, 3.8) is 0 Å². The minimum Gasteiger partial charge on any atom is -0.325 e. The number of benzene rings is 1. The van der Waals surface area contributed by atoms with Gasteiger partial charge in [0.2, 0.25) is 10.0 Å². The van der Waals surface area contributed by atoms with Crippen molar-refractivity contribution in [3.05, 3.63) is 35.9 Å². The molecule has 1 rings (SSSR count). The maximum atomic E-state index is 12.8. The van der Waals surface area contributed by atoms with E-state index in [9.17, 15) is 17.2 Å². The van der Waals surface area contributed by atoms with Gasteiger partial charge < -0.3 is 5.73 Å². The van der Waals surface area contributed by atoms with E-state index < -0.39 is 29.0 Å². The summed E-state index contributed by atoms with van der Waals surface area (Å²) in [6.45, 7) is -1.84. The third kappa shape index (κ3) is 7.41. The summed E-state index contributed by atoms with van der Waals surface area (Å²) in [5.74, 6) is -3.43. The topological polar surface area (TPSA) is 72.2 Å². The van der Waals surface area contributed by atoms with E-state index in [2.05, 4.69) is 0 Å². The van der Waals surface area contributed by atoms with Gasteiger partial charge in [-0.25, -0.2) is 21.9 Å². The normalized spacial score (nSPS) is 11.9. The highest BCUT2D eigenvalue weighted by Crippen LogP contribution is 2.09. The van der Waals surface area contributed by atoms with Gasteiger partial charge in [-0.05, 0) is 12.0 Å². The molecular weight excluding hydrogens is 298 g/mol. The number of alkyl halides is 2. The lowest BCUT2D eigenvalue weighted by molar-refractivity contribution is 0.0170. The van der Waals surface area contributed by atoms with Gasteiger partial charge in [-0.2, -0.15) is 0 Å². The van der Waals surface area contributed by atoms with Gasteiger partial charge in [0, 0.05) is 0 Å². The van der Waals surface area contributed by atoms with Crippen LogP contribution in [0.5, 0.6) is 0 Å². The van der Waals surface area contributed by atoms with Gasteiger partial charge >= 0.3 is 0 Å². The molecule has 3 N–H and O–H groups in total. The molecule has 1 aromatic rings. The van der Waals surface area contributed by atoms with Gasteiger partial charge in [0.05, 0.1) is 18.8 Å². The fourth-order valence-electron chi connectivity index (χ4n) is 1.26. The van der Waals surface area contributed by atoms with E-state index in [-0.39, 0.29) is 24.6 Å². The second-order valence-corrected chi connectivity index (χ2v) is 5.86. The Morgan fingerprint density at radius 2 is 1.79 bits per heavy atom. The Labute approximate surface area is 117 Å². The van der Waals surface area contributed by atoms with Gasteiger partial charge in [0.1, 0.15) is 0 Å². The van der Waals surface area contributed by atoms with Crippen LogP contribution in [0, 0.1) is 0 Å². The molecule has 19 heavy (non-hydrogen) atoms. The molecule has 0 radical (unpaired) electrons. The van der Waals surface area contributed by atoms with Crippen LogP contribution in [-0.4, -0.2) is 33.2 Å². The van der Waals surface area contributed by atoms with Crippen LogP contribution in [0.4, 0.5) is 8.78 Å². The van der Waals surface area contributed by atoms with Gasteiger partial charge in [0.25, 0.3) is 5.92 Å². The zero-order valence-electron chi connectivity index (χ0n) is 10.2. The van der Waals surface area contributed by atoms with Crippen LogP contribution in [0.1, 0.15) is 5.56 Å².